The molecule has 3 rings (SSSR count). The van der Waals surface area contributed by atoms with E-state index >= 15 is 0 Å². The first kappa shape index (κ1) is 15.9. The lowest BCUT2D eigenvalue weighted by atomic mass is 10.0. The molecular weight excluding hydrogens is 310 g/mol. The summed E-state index contributed by atoms with van der Waals surface area (Å²) in [5.74, 6) is 0.0504. The van der Waals surface area contributed by atoms with Gasteiger partial charge in [0.25, 0.3) is 0 Å². The average molecular weight is 331 g/mol. The molecule has 0 aromatic heterocycles. The zero-order valence-corrected chi connectivity index (χ0v) is 14.2. The summed E-state index contributed by atoms with van der Waals surface area (Å²) in [6, 6.07) is 12.2. The van der Waals surface area contributed by atoms with E-state index in [1.807, 2.05) is 31.1 Å². The van der Waals surface area contributed by atoms with E-state index in [-0.39, 0.29) is 5.75 Å². The van der Waals surface area contributed by atoms with Crippen LogP contribution in [0.15, 0.2) is 47.4 Å². The summed E-state index contributed by atoms with van der Waals surface area (Å²) in [5, 5.41) is 9.40. The van der Waals surface area contributed by atoms with Crippen molar-refractivity contribution < 1.29 is 13.5 Å². The Bertz CT molecular complexity index is 828. The third-order valence-electron chi connectivity index (χ3n) is 4.44. The van der Waals surface area contributed by atoms with Crippen LogP contribution < -0.4 is 4.90 Å². The third-order valence-corrected chi connectivity index (χ3v) is 6.69. The number of hydrogen-bond acceptors (Lipinski definition) is 4. The zero-order valence-electron chi connectivity index (χ0n) is 13.4. The maximum Gasteiger partial charge on any atom is 0.185 e. The summed E-state index contributed by atoms with van der Waals surface area (Å²) < 4.78 is 26.3. The highest BCUT2D eigenvalue weighted by molar-refractivity contribution is 7.91. The molecule has 5 heteroatoms. The third kappa shape index (κ3) is 2.81. The van der Waals surface area contributed by atoms with Gasteiger partial charge in [0.2, 0.25) is 0 Å². The fourth-order valence-corrected chi connectivity index (χ4v) is 5.29. The molecule has 23 heavy (non-hydrogen) atoms. The first-order valence-electron chi connectivity index (χ1n) is 7.73. The summed E-state index contributed by atoms with van der Waals surface area (Å²) in [7, 11) is 0.369. The number of hydrogen-bond donors (Lipinski definition) is 1. The van der Waals surface area contributed by atoms with Crippen LogP contribution in [0.4, 0.5) is 5.69 Å². The second kappa shape index (κ2) is 5.89. The van der Waals surface area contributed by atoms with E-state index in [4.69, 9.17) is 0 Å². The highest BCUT2D eigenvalue weighted by Crippen LogP contribution is 2.41. The van der Waals surface area contributed by atoms with E-state index in [9.17, 15) is 13.5 Å². The quantitative estimate of drug-likeness (QED) is 0.917. The van der Waals surface area contributed by atoms with Crippen LogP contribution in [-0.4, -0.2) is 27.6 Å². The highest BCUT2D eigenvalue weighted by Gasteiger charge is 2.34. The first-order valence-corrected chi connectivity index (χ1v) is 9.28. The Balaban J connectivity index is 2.13. The topological polar surface area (TPSA) is 57.6 Å². The average Bonchev–Trinajstić information content (AvgIpc) is 2.64. The maximum absolute atomic E-state index is 13.1. The van der Waals surface area contributed by atoms with Gasteiger partial charge in [0.15, 0.2) is 9.84 Å². The molecule has 1 unspecified atom stereocenters. The number of nitrogens with zero attached hydrogens (tertiary/aromatic N) is 1. The molecule has 1 aliphatic heterocycles. The lowest BCUT2D eigenvalue weighted by Crippen LogP contribution is -2.14. The predicted molar refractivity (Wildman–Crippen MR) is 91.7 cm³/mol. The number of fused-ring (bicyclic) bond motifs is 1. The van der Waals surface area contributed by atoms with Crippen molar-refractivity contribution in [2.45, 2.75) is 29.4 Å². The van der Waals surface area contributed by atoms with Gasteiger partial charge in [-0.05, 0) is 49.1 Å². The Morgan fingerprint density at radius 2 is 1.87 bits per heavy atom. The van der Waals surface area contributed by atoms with E-state index in [1.165, 1.54) is 0 Å². The van der Waals surface area contributed by atoms with Crippen LogP contribution in [0.3, 0.4) is 0 Å². The number of phenols is 1. The van der Waals surface area contributed by atoms with Crippen LogP contribution in [0.5, 0.6) is 5.75 Å². The molecule has 0 amide bonds. The maximum atomic E-state index is 13.1. The van der Waals surface area contributed by atoms with Crippen molar-refractivity contribution in [3.05, 3.63) is 53.6 Å². The van der Waals surface area contributed by atoms with Gasteiger partial charge in [-0.15, -0.1) is 0 Å². The molecule has 1 atom stereocenters. The predicted octanol–water partition coefficient (Wildman–Crippen LogP) is 3.31. The Morgan fingerprint density at radius 1 is 1.13 bits per heavy atom. The van der Waals surface area contributed by atoms with Crippen molar-refractivity contribution in [1.29, 1.82) is 0 Å². The Morgan fingerprint density at radius 3 is 2.57 bits per heavy atom. The molecule has 1 aliphatic rings. The number of anilines is 1. The highest BCUT2D eigenvalue weighted by atomic mass is 32.2. The summed E-state index contributed by atoms with van der Waals surface area (Å²) >= 11 is 0. The van der Waals surface area contributed by atoms with Gasteiger partial charge in [-0.3, -0.25) is 0 Å². The van der Waals surface area contributed by atoms with Gasteiger partial charge in [-0.2, -0.15) is 0 Å². The van der Waals surface area contributed by atoms with Gasteiger partial charge in [0.05, 0.1) is 10.1 Å². The lowest BCUT2D eigenvalue weighted by molar-refractivity contribution is 0.463. The fraction of sp³-hybridized carbons (Fsp3) is 0.333. The zero-order chi connectivity index (χ0) is 16.6. The molecule has 2 aromatic rings. The molecule has 1 N–H and O–H groups in total. The Kier molecular flexibility index (Phi) is 4.06. The van der Waals surface area contributed by atoms with Gasteiger partial charge in [0, 0.05) is 25.3 Å². The number of sulfone groups is 1. The van der Waals surface area contributed by atoms with E-state index < -0.39 is 15.1 Å². The van der Waals surface area contributed by atoms with Crippen molar-refractivity contribution in [3.63, 3.8) is 0 Å². The van der Waals surface area contributed by atoms with Crippen molar-refractivity contribution in [2.24, 2.45) is 0 Å². The Hall–Kier alpha value is -2.01. The van der Waals surface area contributed by atoms with Gasteiger partial charge in [-0.25, -0.2) is 8.42 Å². The van der Waals surface area contributed by atoms with Gasteiger partial charge in [0.1, 0.15) is 5.75 Å². The SMILES string of the molecule is CN(C)c1ccc2c(c1)CCCC(c1ccccc1O)S2(=O)=O. The number of aromatic hydroxyl groups is 1. The number of phenolic OH excluding ortho intramolecular Hbond substituents is 1. The summed E-state index contributed by atoms with van der Waals surface area (Å²) in [6.07, 6.45) is 2.04. The minimum atomic E-state index is -3.52. The van der Waals surface area contributed by atoms with Crippen LogP contribution >= 0.6 is 0 Å². The molecule has 2 aromatic carbocycles. The second-order valence-corrected chi connectivity index (χ2v) is 8.27. The van der Waals surface area contributed by atoms with E-state index in [2.05, 4.69) is 0 Å². The minimum absolute atomic E-state index is 0.0504. The number of aryl methyl sites for hydroxylation is 1. The molecule has 0 spiro atoms. The lowest BCUT2D eigenvalue weighted by Gasteiger charge is -2.19. The largest absolute Gasteiger partial charge is 0.508 e. The van der Waals surface area contributed by atoms with E-state index in [1.54, 1.807) is 30.3 Å². The standard InChI is InChI=1S/C18H21NO3S/c1-19(2)14-10-11-17-13(12-14)6-5-9-18(23(17,21)22)15-7-3-4-8-16(15)20/h3-4,7-8,10-12,18,20H,5-6,9H2,1-2H3. The monoisotopic (exact) mass is 331 g/mol. The van der Waals surface area contributed by atoms with Gasteiger partial charge < -0.3 is 10.0 Å². The molecule has 0 radical (unpaired) electrons. The molecule has 0 saturated carbocycles. The van der Waals surface area contributed by atoms with Crippen LogP contribution in [0.2, 0.25) is 0 Å². The number of para-hydroxylation sites is 1. The number of benzene rings is 2. The van der Waals surface area contributed by atoms with E-state index in [0.717, 1.165) is 24.1 Å². The first-order chi connectivity index (χ1) is 10.9. The minimum Gasteiger partial charge on any atom is -0.508 e. The molecule has 1 heterocycles. The summed E-state index contributed by atoms with van der Waals surface area (Å²) in [6.45, 7) is 0. The van der Waals surface area contributed by atoms with Crippen molar-refractivity contribution in [3.8, 4) is 5.75 Å². The fourth-order valence-electron chi connectivity index (χ4n) is 3.19. The smallest absolute Gasteiger partial charge is 0.185 e. The van der Waals surface area contributed by atoms with Crippen LogP contribution in [0, 0.1) is 0 Å². The van der Waals surface area contributed by atoms with Gasteiger partial charge in [-0.1, -0.05) is 18.2 Å². The molecule has 0 fully saturated rings. The summed E-state index contributed by atoms with van der Waals surface area (Å²) in [4.78, 5) is 2.37. The molecule has 122 valence electrons. The van der Waals surface area contributed by atoms with Crippen molar-refractivity contribution >= 4 is 15.5 Å². The van der Waals surface area contributed by atoms with E-state index in [0.29, 0.717) is 16.9 Å². The van der Waals surface area contributed by atoms with Crippen molar-refractivity contribution in [2.75, 3.05) is 19.0 Å². The van der Waals surface area contributed by atoms with Gasteiger partial charge >= 0.3 is 0 Å². The second-order valence-electron chi connectivity index (χ2n) is 6.17. The van der Waals surface area contributed by atoms with Crippen LogP contribution in [0.1, 0.15) is 29.2 Å². The molecule has 4 nitrogen and oxygen atoms in total. The normalized spacial score (nSPS) is 19.7. The molecule has 0 saturated heterocycles. The molecular formula is C18H21NO3S. The van der Waals surface area contributed by atoms with Crippen molar-refractivity contribution in [1.82, 2.24) is 0 Å². The van der Waals surface area contributed by atoms with Crippen LogP contribution in [-0.2, 0) is 16.3 Å². The number of rotatable bonds is 2. The molecule has 0 bridgehead atoms. The Labute approximate surface area is 137 Å². The summed E-state index contributed by atoms with van der Waals surface area (Å²) in [5.41, 5.74) is 2.37. The van der Waals surface area contributed by atoms with Crippen LogP contribution in [0.25, 0.3) is 0 Å². The molecule has 0 aliphatic carbocycles.